The number of nitrogens with one attached hydrogen (secondary N) is 1. The summed E-state index contributed by atoms with van der Waals surface area (Å²) in [6.07, 6.45) is 1.16. The highest BCUT2D eigenvalue weighted by molar-refractivity contribution is 7.90. The first-order valence-electron chi connectivity index (χ1n) is 6.29. The first-order chi connectivity index (χ1) is 9.79. The molecular weight excluding hydrogens is 313 g/mol. The zero-order valence-electron chi connectivity index (χ0n) is 11.6. The van der Waals surface area contributed by atoms with Gasteiger partial charge in [0, 0.05) is 12.3 Å². The van der Waals surface area contributed by atoms with E-state index < -0.39 is 15.7 Å². The zero-order chi connectivity index (χ0) is 15.6. The number of sulfone groups is 1. The third-order valence-electron chi connectivity index (χ3n) is 3.10. The van der Waals surface area contributed by atoms with Gasteiger partial charge in [0.2, 0.25) is 0 Å². The lowest BCUT2D eigenvalue weighted by atomic mass is 10.1. The second-order valence-electron chi connectivity index (χ2n) is 4.81. The summed E-state index contributed by atoms with van der Waals surface area (Å²) in [5, 5.41) is 3.16. The Labute approximate surface area is 128 Å². The highest BCUT2D eigenvalue weighted by Crippen LogP contribution is 2.27. The fraction of sp³-hybridized carbons (Fsp3) is 0.200. The number of benzene rings is 2. The van der Waals surface area contributed by atoms with E-state index in [2.05, 4.69) is 5.32 Å². The monoisotopic (exact) mass is 327 g/mol. The molecule has 2 rings (SSSR count). The highest BCUT2D eigenvalue weighted by Gasteiger charge is 2.15. The Balaban J connectivity index is 2.32. The summed E-state index contributed by atoms with van der Waals surface area (Å²) < 4.78 is 36.7. The second kappa shape index (κ2) is 6.03. The fourth-order valence-corrected chi connectivity index (χ4v) is 3.05. The smallest absolute Gasteiger partial charge is 0.177 e. The molecule has 21 heavy (non-hydrogen) atoms. The Bertz CT molecular complexity index is 762. The van der Waals surface area contributed by atoms with Gasteiger partial charge in [-0.25, -0.2) is 12.8 Å². The second-order valence-corrected chi connectivity index (χ2v) is 7.20. The summed E-state index contributed by atoms with van der Waals surface area (Å²) in [6, 6.07) is 10.9. The summed E-state index contributed by atoms with van der Waals surface area (Å²) in [7, 11) is -3.32. The predicted molar refractivity (Wildman–Crippen MR) is 83.0 cm³/mol. The maximum atomic E-state index is 13.2. The Hall–Kier alpha value is -1.59. The van der Waals surface area contributed by atoms with Crippen LogP contribution in [0.1, 0.15) is 18.5 Å². The van der Waals surface area contributed by atoms with Gasteiger partial charge in [0.05, 0.1) is 15.6 Å². The molecule has 0 heterocycles. The van der Waals surface area contributed by atoms with Crippen molar-refractivity contribution in [2.24, 2.45) is 0 Å². The minimum atomic E-state index is -3.32. The Morgan fingerprint density at radius 2 is 1.86 bits per heavy atom. The van der Waals surface area contributed by atoms with Gasteiger partial charge in [-0.1, -0.05) is 29.8 Å². The summed E-state index contributed by atoms with van der Waals surface area (Å²) in [6.45, 7) is 1.85. The van der Waals surface area contributed by atoms with E-state index >= 15 is 0 Å². The van der Waals surface area contributed by atoms with Crippen LogP contribution in [-0.2, 0) is 9.84 Å². The molecule has 0 saturated carbocycles. The highest BCUT2D eigenvalue weighted by atomic mass is 35.5. The topological polar surface area (TPSA) is 46.2 Å². The Morgan fingerprint density at radius 3 is 2.48 bits per heavy atom. The van der Waals surface area contributed by atoms with Crippen LogP contribution < -0.4 is 5.32 Å². The minimum absolute atomic E-state index is 0.0394. The van der Waals surface area contributed by atoms with Gasteiger partial charge in [-0.15, -0.1) is 0 Å². The Kier molecular flexibility index (Phi) is 4.54. The zero-order valence-corrected chi connectivity index (χ0v) is 13.2. The van der Waals surface area contributed by atoms with E-state index in [4.69, 9.17) is 11.6 Å². The first-order valence-corrected chi connectivity index (χ1v) is 8.56. The third-order valence-corrected chi connectivity index (χ3v) is 4.55. The summed E-state index contributed by atoms with van der Waals surface area (Å²) >= 11 is 5.77. The molecule has 112 valence electrons. The molecule has 1 unspecified atom stereocenters. The summed E-state index contributed by atoms with van der Waals surface area (Å²) in [5.74, 6) is -0.482. The summed E-state index contributed by atoms with van der Waals surface area (Å²) in [5.41, 5.74) is 1.28. The molecule has 0 aliphatic rings. The molecule has 2 aromatic carbocycles. The average molecular weight is 328 g/mol. The minimum Gasteiger partial charge on any atom is -0.377 e. The van der Waals surface area contributed by atoms with Crippen LogP contribution in [0.25, 0.3) is 0 Å². The van der Waals surface area contributed by atoms with Crippen molar-refractivity contribution < 1.29 is 12.8 Å². The molecule has 0 radical (unpaired) electrons. The van der Waals surface area contributed by atoms with E-state index in [1.54, 1.807) is 30.3 Å². The molecule has 1 N–H and O–H groups in total. The van der Waals surface area contributed by atoms with Crippen LogP contribution in [0.2, 0.25) is 5.02 Å². The number of halogens is 2. The molecule has 0 aromatic heterocycles. The van der Waals surface area contributed by atoms with Crippen molar-refractivity contribution in [2.45, 2.75) is 17.9 Å². The number of anilines is 1. The molecule has 0 aliphatic heterocycles. The van der Waals surface area contributed by atoms with Gasteiger partial charge in [-0.3, -0.25) is 0 Å². The van der Waals surface area contributed by atoms with E-state index in [0.717, 1.165) is 11.8 Å². The molecule has 6 heteroatoms. The maximum Gasteiger partial charge on any atom is 0.177 e. The molecule has 0 amide bonds. The quantitative estimate of drug-likeness (QED) is 0.921. The van der Waals surface area contributed by atoms with Crippen LogP contribution in [0.4, 0.5) is 10.1 Å². The van der Waals surface area contributed by atoms with Crippen LogP contribution in [0.3, 0.4) is 0 Å². The SMILES string of the molecule is CC(Nc1ccccc1S(C)(=O)=O)c1ccc(F)c(Cl)c1. The van der Waals surface area contributed by atoms with Crippen LogP contribution >= 0.6 is 11.6 Å². The molecule has 3 nitrogen and oxygen atoms in total. The lowest BCUT2D eigenvalue weighted by Gasteiger charge is -2.18. The predicted octanol–water partition coefficient (Wildman–Crippen LogP) is 4.06. The van der Waals surface area contributed by atoms with Crippen molar-refractivity contribution >= 4 is 27.1 Å². The molecular formula is C15H15ClFNO2S. The van der Waals surface area contributed by atoms with Gasteiger partial charge in [-0.2, -0.15) is 0 Å². The number of hydrogen-bond acceptors (Lipinski definition) is 3. The van der Waals surface area contributed by atoms with Crippen molar-refractivity contribution in [1.29, 1.82) is 0 Å². The van der Waals surface area contributed by atoms with Crippen molar-refractivity contribution in [3.63, 3.8) is 0 Å². The van der Waals surface area contributed by atoms with Gasteiger partial charge in [0.25, 0.3) is 0 Å². The number of para-hydroxylation sites is 1. The van der Waals surface area contributed by atoms with Crippen LogP contribution in [0.5, 0.6) is 0 Å². The molecule has 0 aliphatic carbocycles. The normalized spacial score (nSPS) is 13.0. The fourth-order valence-electron chi connectivity index (χ4n) is 2.01. The third kappa shape index (κ3) is 3.74. The molecule has 2 aromatic rings. The van der Waals surface area contributed by atoms with E-state index in [9.17, 15) is 12.8 Å². The van der Waals surface area contributed by atoms with Gasteiger partial charge < -0.3 is 5.32 Å². The number of hydrogen-bond donors (Lipinski definition) is 1. The van der Waals surface area contributed by atoms with Gasteiger partial charge >= 0.3 is 0 Å². The van der Waals surface area contributed by atoms with Crippen LogP contribution in [-0.4, -0.2) is 14.7 Å². The standard InChI is InChI=1S/C15H15ClFNO2S/c1-10(11-7-8-13(17)12(16)9-11)18-14-5-3-4-6-15(14)21(2,19)20/h3-10,18H,1-2H3. The van der Waals surface area contributed by atoms with E-state index in [0.29, 0.717) is 5.69 Å². The molecule has 0 spiro atoms. The lowest BCUT2D eigenvalue weighted by molar-refractivity contribution is 0.602. The first kappa shape index (κ1) is 15.8. The molecule has 0 fully saturated rings. The molecule has 0 bridgehead atoms. The molecule has 1 atom stereocenters. The number of rotatable bonds is 4. The van der Waals surface area contributed by atoms with Crippen molar-refractivity contribution in [1.82, 2.24) is 0 Å². The Morgan fingerprint density at radius 1 is 1.19 bits per heavy atom. The average Bonchev–Trinajstić information content (AvgIpc) is 2.41. The van der Waals surface area contributed by atoms with E-state index in [-0.39, 0.29) is 16.0 Å². The van der Waals surface area contributed by atoms with Gasteiger partial charge in [-0.05, 0) is 36.8 Å². The van der Waals surface area contributed by atoms with Crippen molar-refractivity contribution in [3.8, 4) is 0 Å². The summed E-state index contributed by atoms with van der Waals surface area (Å²) in [4.78, 5) is 0.227. The van der Waals surface area contributed by atoms with Gasteiger partial charge in [0.1, 0.15) is 5.82 Å². The van der Waals surface area contributed by atoms with Crippen LogP contribution in [0, 0.1) is 5.82 Å². The largest absolute Gasteiger partial charge is 0.377 e. The lowest BCUT2D eigenvalue weighted by Crippen LogP contribution is -2.10. The van der Waals surface area contributed by atoms with Gasteiger partial charge in [0.15, 0.2) is 9.84 Å². The van der Waals surface area contributed by atoms with E-state index in [1.807, 2.05) is 6.92 Å². The molecule has 0 saturated heterocycles. The van der Waals surface area contributed by atoms with Crippen LogP contribution in [0.15, 0.2) is 47.4 Å². The maximum absolute atomic E-state index is 13.2. The van der Waals surface area contributed by atoms with E-state index in [1.165, 1.54) is 12.1 Å². The van der Waals surface area contributed by atoms with Crippen molar-refractivity contribution in [2.75, 3.05) is 11.6 Å². The van der Waals surface area contributed by atoms with Crippen molar-refractivity contribution in [3.05, 3.63) is 58.9 Å².